The van der Waals surface area contributed by atoms with Crippen LogP contribution >= 0.6 is 0 Å². The van der Waals surface area contributed by atoms with E-state index in [1.807, 2.05) is 0 Å². The van der Waals surface area contributed by atoms with Gasteiger partial charge in [0.1, 0.15) is 0 Å². The van der Waals surface area contributed by atoms with Crippen molar-refractivity contribution in [3.63, 3.8) is 0 Å². The van der Waals surface area contributed by atoms with E-state index >= 15 is 0 Å². The van der Waals surface area contributed by atoms with Gasteiger partial charge >= 0.3 is 0 Å². The molecule has 0 bridgehead atoms. The van der Waals surface area contributed by atoms with Gasteiger partial charge in [-0.25, -0.2) is 0 Å². The van der Waals surface area contributed by atoms with Crippen molar-refractivity contribution in [3.05, 3.63) is 11.6 Å². The molecule has 3 saturated heterocycles. The van der Waals surface area contributed by atoms with E-state index in [-0.39, 0.29) is 24.3 Å². The van der Waals surface area contributed by atoms with Crippen LogP contribution in [0.4, 0.5) is 0 Å². The maximum atomic E-state index is 9.89. The van der Waals surface area contributed by atoms with Crippen molar-refractivity contribution in [2.75, 3.05) is 13.1 Å². The third-order valence-corrected chi connectivity index (χ3v) is 12.2. The van der Waals surface area contributed by atoms with Gasteiger partial charge in [0.05, 0.1) is 12.2 Å². The molecule has 0 spiro atoms. The van der Waals surface area contributed by atoms with E-state index in [1.54, 1.807) is 5.57 Å². The number of aliphatic hydroxyl groups is 2. The molecule has 4 heterocycles. The first-order chi connectivity index (χ1) is 22.0. The van der Waals surface area contributed by atoms with Crippen molar-refractivity contribution in [1.82, 2.24) is 15.5 Å². The van der Waals surface area contributed by atoms with Crippen LogP contribution in [0.2, 0.25) is 0 Å². The molecule has 5 heteroatoms. The summed E-state index contributed by atoms with van der Waals surface area (Å²) in [6.45, 7) is 6.86. The summed E-state index contributed by atoms with van der Waals surface area (Å²) in [6, 6.07) is 2.66. The zero-order valence-corrected chi connectivity index (χ0v) is 29.8. The first-order valence-electron chi connectivity index (χ1n) is 20.3. The van der Waals surface area contributed by atoms with Crippen LogP contribution in [-0.2, 0) is 0 Å². The van der Waals surface area contributed by atoms with Crippen LogP contribution in [0.5, 0.6) is 0 Å². The topological polar surface area (TPSA) is 67.8 Å². The van der Waals surface area contributed by atoms with Gasteiger partial charge in [0.15, 0.2) is 0 Å². The highest BCUT2D eigenvalue weighted by Crippen LogP contribution is 2.35. The lowest BCUT2D eigenvalue weighted by Gasteiger charge is -2.36. The number of nitrogens with zero attached hydrogens (tertiary/aromatic N) is 1. The van der Waals surface area contributed by atoms with Gasteiger partial charge in [0.2, 0.25) is 0 Å². The second-order valence-electron chi connectivity index (χ2n) is 16.0. The fourth-order valence-electron chi connectivity index (χ4n) is 9.17. The molecule has 0 aromatic carbocycles. The van der Waals surface area contributed by atoms with E-state index in [0.717, 1.165) is 37.6 Å². The van der Waals surface area contributed by atoms with Crippen LogP contribution in [0.1, 0.15) is 181 Å². The SMILES string of the molecule is C[C@H]1N[C@@H](CCCCCCCCCCC2=C[C@@H](CCCCCCCCCC[C@H]3CC[C@@H](O)[C@@H](C)N3)[C@@H]3CCCN3C2)CC[C@H]1O. The molecule has 262 valence electrons. The van der Waals surface area contributed by atoms with Gasteiger partial charge in [-0.05, 0) is 96.9 Å². The fourth-order valence-corrected chi connectivity index (χ4v) is 9.17. The Hall–Kier alpha value is -0.460. The molecule has 0 saturated carbocycles. The zero-order valence-electron chi connectivity index (χ0n) is 29.8. The van der Waals surface area contributed by atoms with Crippen LogP contribution in [0, 0.1) is 5.92 Å². The fraction of sp³-hybridized carbons (Fsp3) is 0.950. The van der Waals surface area contributed by atoms with Gasteiger partial charge in [0.25, 0.3) is 0 Å². The van der Waals surface area contributed by atoms with E-state index in [9.17, 15) is 10.2 Å². The van der Waals surface area contributed by atoms with Crippen molar-refractivity contribution >= 4 is 0 Å². The molecule has 0 unspecified atom stereocenters. The number of aliphatic hydroxyl groups excluding tert-OH is 2. The van der Waals surface area contributed by atoms with E-state index in [1.165, 1.54) is 154 Å². The summed E-state index contributed by atoms with van der Waals surface area (Å²) in [7, 11) is 0. The predicted molar refractivity (Wildman–Crippen MR) is 192 cm³/mol. The maximum absolute atomic E-state index is 9.89. The third-order valence-electron chi connectivity index (χ3n) is 12.2. The normalized spacial score (nSPS) is 32.5. The van der Waals surface area contributed by atoms with Gasteiger partial charge in [-0.3, -0.25) is 4.90 Å². The van der Waals surface area contributed by atoms with Gasteiger partial charge in [0, 0.05) is 36.8 Å². The highest BCUT2D eigenvalue weighted by Gasteiger charge is 2.34. The van der Waals surface area contributed by atoms with Gasteiger partial charge in [-0.1, -0.05) is 108 Å². The average Bonchev–Trinajstić information content (AvgIpc) is 3.51. The number of nitrogens with one attached hydrogen (secondary N) is 2. The smallest absolute Gasteiger partial charge is 0.0691 e. The number of hydrogen-bond acceptors (Lipinski definition) is 5. The van der Waals surface area contributed by atoms with Crippen LogP contribution in [0.25, 0.3) is 0 Å². The Balaban J connectivity index is 0.963. The molecule has 8 atom stereocenters. The van der Waals surface area contributed by atoms with Crippen molar-refractivity contribution in [1.29, 1.82) is 0 Å². The summed E-state index contributed by atoms with van der Waals surface area (Å²) in [5.74, 6) is 0.825. The second-order valence-corrected chi connectivity index (χ2v) is 16.0. The monoisotopic (exact) mass is 630 g/mol. The molecule has 4 rings (SSSR count). The summed E-state index contributed by atoms with van der Waals surface area (Å²) in [6.07, 6.45) is 37.4. The molecule has 5 nitrogen and oxygen atoms in total. The van der Waals surface area contributed by atoms with E-state index in [0.29, 0.717) is 12.1 Å². The molecule has 0 radical (unpaired) electrons. The van der Waals surface area contributed by atoms with Crippen LogP contribution in [-0.4, -0.2) is 70.6 Å². The first kappa shape index (κ1) is 37.4. The quantitative estimate of drug-likeness (QED) is 0.0712. The molecule has 0 aromatic heterocycles. The van der Waals surface area contributed by atoms with E-state index in [4.69, 9.17) is 0 Å². The van der Waals surface area contributed by atoms with Crippen LogP contribution in [0.15, 0.2) is 11.6 Å². The molecule has 3 fully saturated rings. The minimum atomic E-state index is -0.142. The second kappa shape index (κ2) is 21.5. The van der Waals surface area contributed by atoms with E-state index < -0.39 is 0 Å². The maximum Gasteiger partial charge on any atom is 0.0691 e. The first-order valence-corrected chi connectivity index (χ1v) is 20.3. The lowest BCUT2D eigenvalue weighted by Crippen LogP contribution is -2.48. The van der Waals surface area contributed by atoms with Crippen molar-refractivity contribution in [3.8, 4) is 0 Å². The molecular formula is C40H75N3O2. The molecule has 45 heavy (non-hydrogen) atoms. The molecule has 0 aromatic rings. The summed E-state index contributed by atoms with van der Waals surface area (Å²) in [5.41, 5.74) is 1.77. The number of fused-ring (bicyclic) bond motifs is 1. The number of rotatable bonds is 22. The largest absolute Gasteiger partial charge is 0.392 e. The lowest BCUT2D eigenvalue weighted by atomic mass is 9.85. The standard InChI is InChI=1S/C40H75N3O2/c1-32-39(44)27-25-36(41-32)22-17-13-9-5-3-7-11-15-20-34-30-35(38-24-19-29-43(38)31-34)21-16-12-8-4-6-10-14-18-23-37-26-28-40(45)33(2)42-37/h30,32-33,35-42,44-45H,3-29,31H2,1-2H3/t32-,33-,35-,36+,37+,38+,39-,40-/m1/s1. The highest BCUT2D eigenvalue weighted by atomic mass is 16.3. The van der Waals surface area contributed by atoms with Crippen LogP contribution < -0.4 is 10.6 Å². The minimum absolute atomic E-state index is 0.141. The molecule has 4 N–H and O–H groups in total. The lowest BCUT2D eigenvalue weighted by molar-refractivity contribution is 0.0848. The third kappa shape index (κ3) is 13.9. The number of hydrogen-bond donors (Lipinski definition) is 4. The van der Waals surface area contributed by atoms with Gasteiger partial charge in [-0.2, -0.15) is 0 Å². The minimum Gasteiger partial charge on any atom is -0.392 e. The molecule has 0 amide bonds. The molecule has 4 aliphatic heterocycles. The Morgan fingerprint density at radius 2 is 1.07 bits per heavy atom. The zero-order chi connectivity index (χ0) is 31.7. The predicted octanol–water partition coefficient (Wildman–Crippen LogP) is 8.81. The van der Waals surface area contributed by atoms with Crippen molar-refractivity contribution in [2.45, 2.75) is 223 Å². The molecular weight excluding hydrogens is 554 g/mol. The summed E-state index contributed by atoms with van der Waals surface area (Å²) < 4.78 is 0. The van der Waals surface area contributed by atoms with Crippen molar-refractivity contribution < 1.29 is 10.2 Å². The Morgan fingerprint density at radius 1 is 0.600 bits per heavy atom. The van der Waals surface area contributed by atoms with Crippen LogP contribution in [0.3, 0.4) is 0 Å². The number of piperidine rings is 2. The Labute approximate surface area is 279 Å². The molecule has 4 aliphatic rings. The summed E-state index contributed by atoms with van der Waals surface area (Å²) >= 11 is 0. The van der Waals surface area contributed by atoms with Gasteiger partial charge < -0.3 is 20.8 Å². The number of unbranched alkanes of at least 4 members (excludes halogenated alkanes) is 14. The Bertz CT molecular complexity index is 804. The highest BCUT2D eigenvalue weighted by molar-refractivity contribution is 5.15. The van der Waals surface area contributed by atoms with Gasteiger partial charge in [-0.15, -0.1) is 0 Å². The average molecular weight is 630 g/mol. The Morgan fingerprint density at radius 3 is 1.58 bits per heavy atom. The van der Waals surface area contributed by atoms with Crippen molar-refractivity contribution in [2.24, 2.45) is 5.92 Å². The summed E-state index contributed by atoms with van der Waals surface area (Å²) in [4.78, 5) is 2.84. The summed E-state index contributed by atoms with van der Waals surface area (Å²) in [5, 5.41) is 27.0. The molecule has 0 aliphatic carbocycles. The Kier molecular flexibility index (Phi) is 17.8. The van der Waals surface area contributed by atoms with E-state index in [2.05, 4.69) is 35.5 Å².